The Labute approximate surface area is 224 Å². The van der Waals surface area contributed by atoms with Crippen molar-refractivity contribution in [2.24, 2.45) is 20.7 Å². The first-order valence-corrected chi connectivity index (χ1v) is 13.2. The molecule has 1 fully saturated rings. The van der Waals surface area contributed by atoms with Crippen LogP contribution in [-0.2, 0) is 6.54 Å². The van der Waals surface area contributed by atoms with E-state index in [0.717, 1.165) is 55.3 Å². The number of nitrogens with zero attached hydrogens (tertiary/aromatic N) is 8. The van der Waals surface area contributed by atoms with Crippen LogP contribution >= 0.6 is 0 Å². The summed E-state index contributed by atoms with van der Waals surface area (Å²) in [5.41, 5.74) is 9.44. The Bertz CT molecular complexity index is 1350. The number of aliphatic imine (C=N–C) groups is 3. The highest BCUT2D eigenvalue weighted by atomic mass is 16.2. The zero-order chi connectivity index (χ0) is 26.6. The molecule has 0 saturated carbocycles. The third-order valence-electron chi connectivity index (χ3n) is 7.20. The summed E-state index contributed by atoms with van der Waals surface area (Å²) in [5.74, 6) is 8.09. The number of amides is 1. The molecule has 4 heterocycles. The Hall–Kier alpha value is -3.97. The van der Waals surface area contributed by atoms with Crippen molar-refractivity contribution < 1.29 is 4.79 Å². The lowest BCUT2D eigenvalue weighted by Gasteiger charge is -2.38. The Balaban J connectivity index is 1.48. The van der Waals surface area contributed by atoms with Crippen LogP contribution < -0.4 is 15.5 Å². The maximum absolute atomic E-state index is 14.1. The summed E-state index contributed by atoms with van der Waals surface area (Å²) in [5, 5.41) is 0. The molecular formula is C28H35N9O. The zero-order valence-corrected chi connectivity index (χ0v) is 22.2. The minimum atomic E-state index is -0.115. The van der Waals surface area contributed by atoms with E-state index < -0.39 is 0 Å². The van der Waals surface area contributed by atoms with Gasteiger partial charge in [0.15, 0.2) is 11.5 Å². The number of guanidine groups is 1. The molecule has 198 valence electrons. The van der Waals surface area contributed by atoms with Gasteiger partial charge in [0.2, 0.25) is 11.9 Å². The molecule has 1 aromatic heterocycles. The van der Waals surface area contributed by atoms with Crippen LogP contribution in [0.25, 0.3) is 0 Å². The summed E-state index contributed by atoms with van der Waals surface area (Å²) in [6.07, 6.45) is 2.89. The van der Waals surface area contributed by atoms with Crippen molar-refractivity contribution in [1.29, 1.82) is 0 Å². The lowest BCUT2D eigenvalue weighted by atomic mass is 10.1. The van der Waals surface area contributed by atoms with Gasteiger partial charge in [-0.2, -0.15) is 4.98 Å². The standard InChI is InChI=1S/C28H35N9O/c1-4-5-16-35-24-25(33-28(35)34-15-8-10-21(29)19-34)36-17-9-13-32-27(36)37(26(24)38)18-14-31-20(2)22-11-6-7-12-23(22)30-3/h6-7,11-12,21H,3,8-10,13-19,29H2,1-2H3. The van der Waals surface area contributed by atoms with Gasteiger partial charge in [-0.3, -0.25) is 34.1 Å². The number of imidazole rings is 1. The maximum Gasteiger partial charge on any atom is 0.281 e. The normalized spacial score (nSPS) is 19.4. The number of piperidine rings is 1. The third-order valence-corrected chi connectivity index (χ3v) is 7.20. The molecule has 2 N–H and O–H groups in total. The topological polar surface area (TPSA) is 108 Å². The molecular weight excluding hydrogens is 478 g/mol. The maximum atomic E-state index is 14.1. The highest BCUT2D eigenvalue weighted by Crippen LogP contribution is 2.34. The highest BCUT2D eigenvalue weighted by molar-refractivity contribution is 6.18. The molecule has 0 aliphatic carbocycles. The zero-order valence-electron chi connectivity index (χ0n) is 22.2. The SMILES string of the molecule is C=Nc1ccccc1C(C)=NCCN1C(=O)c2c(nc(N3CCCC(N)C3)n2CC#CC)N2CCCN=C12. The van der Waals surface area contributed by atoms with Gasteiger partial charge >= 0.3 is 0 Å². The van der Waals surface area contributed by atoms with Gasteiger partial charge < -0.3 is 10.6 Å². The number of nitrogens with two attached hydrogens (primary N) is 1. The van der Waals surface area contributed by atoms with Crippen molar-refractivity contribution in [3.05, 3.63) is 35.5 Å². The van der Waals surface area contributed by atoms with Crippen molar-refractivity contribution in [3.63, 3.8) is 0 Å². The third kappa shape index (κ3) is 4.82. The van der Waals surface area contributed by atoms with Crippen LogP contribution in [-0.4, -0.2) is 84.1 Å². The summed E-state index contributed by atoms with van der Waals surface area (Å²) >= 11 is 0. The quantitative estimate of drug-likeness (QED) is 0.453. The molecule has 3 aliphatic rings. The van der Waals surface area contributed by atoms with E-state index in [0.29, 0.717) is 50.2 Å². The molecule has 5 rings (SSSR count). The number of carbonyl (C=O) groups is 1. The van der Waals surface area contributed by atoms with E-state index >= 15 is 0 Å². The smallest absolute Gasteiger partial charge is 0.281 e. The van der Waals surface area contributed by atoms with Crippen LogP contribution in [0.4, 0.5) is 17.5 Å². The second-order valence-electron chi connectivity index (χ2n) is 9.73. The number of anilines is 2. The van der Waals surface area contributed by atoms with Crippen molar-refractivity contribution in [3.8, 4) is 11.8 Å². The Kier molecular flexibility index (Phi) is 7.56. The number of fused-ring (bicyclic) bond motifs is 3. The molecule has 1 amide bonds. The number of carbonyl (C=O) groups excluding carboxylic acids is 1. The number of hydrogen-bond donors (Lipinski definition) is 1. The lowest BCUT2D eigenvalue weighted by Crippen LogP contribution is -2.55. The van der Waals surface area contributed by atoms with Gasteiger partial charge in [-0.25, -0.2) is 0 Å². The van der Waals surface area contributed by atoms with E-state index in [1.54, 1.807) is 4.90 Å². The molecule has 1 saturated heterocycles. The first kappa shape index (κ1) is 25.7. The van der Waals surface area contributed by atoms with Crippen LogP contribution in [0.5, 0.6) is 0 Å². The van der Waals surface area contributed by atoms with Crippen LogP contribution in [0.2, 0.25) is 0 Å². The van der Waals surface area contributed by atoms with Crippen LogP contribution in [0.15, 0.2) is 39.2 Å². The van der Waals surface area contributed by atoms with Gasteiger partial charge in [-0.1, -0.05) is 24.1 Å². The van der Waals surface area contributed by atoms with Gasteiger partial charge in [0, 0.05) is 50.0 Å². The van der Waals surface area contributed by atoms with Gasteiger partial charge in [0.05, 0.1) is 18.8 Å². The fourth-order valence-electron chi connectivity index (χ4n) is 5.33. The molecule has 10 nitrogen and oxygen atoms in total. The van der Waals surface area contributed by atoms with E-state index in [1.165, 1.54) is 0 Å². The predicted octanol–water partition coefficient (Wildman–Crippen LogP) is 2.70. The van der Waals surface area contributed by atoms with Gasteiger partial charge in [-0.05, 0) is 45.9 Å². The van der Waals surface area contributed by atoms with E-state index in [1.807, 2.05) is 42.7 Å². The molecule has 0 radical (unpaired) electrons. The number of benzene rings is 1. The first-order valence-electron chi connectivity index (χ1n) is 13.2. The molecule has 2 aromatic rings. The molecule has 1 aromatic carbocycles. The molecule has 38 heavy (non-hydrogen) atoms. The van der Waals surface area contributed by atoms with Gasteiger partial charge in [0.25, 0.3) is 5.91 Å². The fraction of sp³-hybridized carbons (Fsp3) is 0.464. The average molecular weight is 514 g/mol. The summed E-state index contributed by atoms with van der Waals surface area (Å²) in [6, 6.07) is 7.87. The fourth-order valence-corrected chi connectivity index (χ4v) is 5.33. The van der Waals surface area contributed by atoms with Crippen LogP contribution in [0.1, 0.15) is 49.2 Å². The molecule has 1 unspecified atom stereocenters. The minimum absolute atomic E-state index is 0.0880. The highest BCUT2D eigenvalue weighted by Gasteiger charge is 2.41. The lowest BCUT2D eigenvalue weighted by molar-refractivity contribution is 0.0831. The van der Waals surface area contributed by atoms with Crippen LogP contribution in [0.3, 0.4) is 0 Å². The molecule has 10 heteroatoms. The Morgan fingerprint density at radius 1 is 1.26 bits per heavy atom. The van der Waals surface area contributed by atoms with Gasteiger partial charge in [0.1, 0.15) is 0 Å². The number of aromatic nitrogens is 2. The summed E-state index contributed by atoms with van der Waals surface area (Å²) in [6.45, 7) is 11.7. The Morgan fingerprint density at radius 3 is 2.89 bits per heavy atom. The average Bonchev–Trinajstić information content (AvgIpc) is 3.33. The Morgan fingerprint density at radius 2 is 2.11 bits per heavy atom. The van der Waals surface area contributed by atoms with E-state index in [2.05, 4.69) is 33.4 Å². The van der Waals surface area contributed by atoms with Crippen molar-refractivity contribution >= 4 is 41.7 Å². The number of para-hydroxylation sites is 1. The van der Waals surface area contributed by atoms with Gasteiger partial charge in [-0.15, -0.1) is 5.92 Å². The van der Waals surface area contributed by atoms with E-state index in [-0.39, 0.29) is 11.9 Å². The van der Waals surface area contributed by atoms with Crippen molar-refractivity contribution in [1.82, 2.24) is 14.5 Å². The van der Waals surface area contributed by atoms with Crippen LogP contribution in [0, 0.1) is 11.8 Å². The minimum Gasteiger partial charge on any atom is -0.341 e. The predicted molar refractivity (Wildman–Crippen MR) is 153 cm³/mol. The molecule has 1 atom stereocenters. The summed E-state index contributed by atoms with van der Waals surface area (Å²) < 4.78 is 1.96. The monoisotopic (exact) mass is 513 g/mol. The van der Waals surface area contributed by atoms with Crippen molar-refractivity contribution in [2.45, 2.75) is 45.7 Å². The van der Waals surface area contributed by atoms with E-state index in [9.17, 15) is 4.79 Å². The van der Waals surface area contributed by atoms with Crippen molar-refractivity contribution in [2.75, 3.05) is 49.1 Å². The van der Waals surface area contributed by atoms with E-state index in [4.69, 9.17) is 20.7 Å². The molecule has 0 spiro atoms. The summed E-state index contributed by atoms with van der Waals surface area (Å²) in [4.78, 5) is 38.7. The number of rotatable bonds is 7. The number of hydrogen-bond acceptors (Lipinski definition) is 8. The largest absolute Gasteiger partial charge is 0.341 e. The first-order chi connectivity index (χ1) is 18.5. The second-order valence-corrected chi connectivity index (χ2v) is 9.73. The summed E-state index contributed by atoms with van der Waals surface area (Å²) in [7, 11) is 0. The molecule has 0 bridgehead atoms. The second kappa shape index (κ2) is 11.2. The molecule has 3 aliphatic heterocycles.